The normalized spacial score (nSPS) is 13.7. The van der Waals surface area contributed by atoms with Crippen LogP contribution in [0.1, 0.15) is 26.3 Å². The van der Waals surface area contributed by atoms with Crippen molar-refractivity contribution < 1.29 is 13.2 Å². The molecule has 1 rings (SSSR count). The summed E-state index contributed by atoms with van der Waals surface area (Å²) in [5, 5.41) is -0.981. The Kier molecular flexibility index (Phi) is 4.09. The van der Waals surface area contributed by atoms with E-state index in [0.29, 0.717) is 0 Å². The van der Waals surface area contributed by atoms with Crippen LogP contribution >= 0.6 is 0 Å². The maximum atomic E-state index is 12.2. The number of hydrogen-bond donors (Lipinski definition) is 0. The highest BCUT2D eigenvalue weighted by molar-refractivity contribution is 7.92. The van der Waals surface area contributed by atoms with Gasteiger partial charge in [0.05, 0.1) is 4.90 Å². The first-order valence-electron chi connectivity index (χ1n) is 5.61. The van der Waals surface area contributed by atoms with Crippen molar-refractivity contribution in [1.82, 2.24) is 0 Å². The smallest absolute Gasteiger partial charge is 0.188 e. The third-order valence-corrected chi connectivity index (χ3v) is 4.88. The van der Waals surface area contributed by atoms with Gasteiger partial charge in [-0.25, -0.2) is 8.42 Å². The third kappa shape index (κ3) is 2.94. The van der Waals surface area contributed by atoms with E-state index in [1.807, 2.05) is 6.92 Å². The van der Waals surface area contributed by atoms with E-state index in [-0.39, 0.29) is 16.6 Å². The Labute approximate surface area is 103 Å². The van der Waals surface area contributed by atoms with Gasteiger partial charge in [-0.3, -0.25) is 4.79 Å². The van der Waals surface area contributed by atoms with E-state index in [9.17, 15) is 13.2 Å². The van der Waals surface area contributed by atoms with Crippen LogP contribution in [0.3, 0.4) is 0 Å². The van der Waals surface area contributed by atoms with E-state index in [0.717, 1.165) is 5.56 Å². The molecule has 1 unspecified atom stereocenters. The van der Waals surface area contributed by atoms with Crippen molar-refractivity contribution >= 4 is 15.6 Å². The van der Waals surface area contributed by atoms with Crippen LogP contribution in [-0.2, 0) is 14.6 Å². The molecule has 94 valence electrons. The van der Waals surface area contributed by atoms with Gasteiger partial charge in [-0.1, -0.05) is 31.5 Å². The molecule has 1 aromatic rings. The number of aryl methyl sites for hydroxylation is 1. The minimum Gasteiger partial charge on any atom is -0.298 e. The highest BCUT2D eigenvalue weighted by Gasteiger charge is 2.30. The molecule has 1 atom stereocenters. The summed E-state index contributed by atoms with van der Waals surface area (Å²) in [6.07, 6.45) is 0. The van der Waals surface area contributed by atoms with Crippen LogP contribution in [0.4, 0.5) is 0 Å². The van der Waals surface area contributed by atoms with Crippen molar-refractivity contribution in [3.05, 3.63) is 29.8 Å². The van der Waals surface area contributed by atoms with Crippen molar-refractivity contribution in [2.75, 3.05) is 0 Å². The fourth-order valence-electron chi connectivity index (χ4n) is 1.55. The fraction of sp³-hybridized carbons (Fsp3) is 0.462. The molecule has 0 aliphatic carbocycles. The van der Waals surface area contributed by atoms with Crippen LogP contribution < -0.4 is 0 Å². The van der Waals surface area contributed by atoms with Crippen LogP contribution in [-0.4, -0.2) is 19.5 Å². The molecule has 0 bridgehead atoms. The number of ketones is 1. The molecule has 3 nitrogen and oxygen atoms in total. The highest BCUT2D eigenvalue weighted by atomic mass is 32.2. The SMILES string of the molecule is Cc1ccc(S(=O)(=O)C(C)C(=O)C(C)C)cc1. The first-order chi connectivity index (χ1) is 7.76. The summed E-state index contributed by atoms with van der Waals surface area (Å²) in [5.74, 6) is -0.518. The average molecular weight is 254 g/mol. The van der Waals surface area contributed by atoms with Crippen molar-refractivity contribution in [2.45, 2.75) is 37.8 Å². The molecule has 1 aromatic carbocycles. The molecule has 4 heteroatoms. The Morgan fingerprint density at radius 1 is 1.06 bits per heavy atom. The molecule has 0 aliphatic rings. The molecule has 0 amide bonds. The monoisotopic (exact) mass is 254 g/mol. The Morgan fingerprint density at radius 2 is 1.53 bits per heavy atom. The average Bonchev–Trinajstić information content (AvgIpc) is 2.27. The minimum atomic E-state index is -3.55. The van der Waals surface area contributed by atoms with Crippen molar-refractivity contribution in [3.63, 3.8) is 0 Å². The van der Waals surface area contributed by atoms with Gasteiger partial charge in [-0.2, -0.15) is 0 Å². The number of rotatable bonds is 4. The lowest BCUT2D eigenvalue weighted by Gasteiger charge is -2.14. The summed E-state index contributed by atoms with van der Waals surface area (Å²) in [7, 11) is -3.55. The lowest BCUT2D eigenvalue weighted by Crippen LogP contribution is -2.30. The van der Waals surface area contributed by atoms with Crippen molar-refractivity contribution in [1.29, 1.82) is 0 Å². The van der Waals surface area contributed by atoms with E-state index in [1.165, 1.54) is 6.92 Å². The van der Waals surface area contributed by atoms with Crippen molar-refractivity contribution in [3.8, 4) is 0 Å². The summed E-state index contributed by atoms with van der Waals surface area (Å²) in [6.45, 7) is 6.77. The van der Waals surface area contributed by atoms with Gasteiger partial charge in [-0.15, -0.1) is 0 Å². The number of Topliss-reactive ketones (excluding diaryl/α,β-unsaturated/α-hetero) is 1. The summed E-state index contributed by atoms with van der Waals surface area (Å²) in [5.41, 5.74) is 0.992. The zero-order valence-electron chi connectivity index (χ0n) is 10.6. The molecule has 0 radical (unpaired) electrons. The van der Waals surface area contributed by atoms with Gasteiger partial charge in [0.1, 0.15) is 5.25 Å². The van der Waals surface area contributed by atoms with Gasteiger partial charge < -0.3 is 0 Å². The second-order valence-electron chi connectivity index (χ2n) is 4.56. The number of sulfone groups is 1. The molecular formula is C13H18O3S. The predicted molar refractivity (Wildman–Crippen MR) is 67.7 cm³/mol. The van der Waals surface area contributed by atoms with Crippen LogP contribution in [0.2, 0.25) is 0 Å². The van der Waals surface area contributed by atoms with Gasteiger partial charge in [0.2, 0.25) is 0 Å². The second-order valence-corrected chi connectivity index (χ2v) is 6.83. The third-order valence-electron chi connectivity index (χ3n) is 2.78. The zero-order chi connectivity index (χ0) is 13.2. The van der Waals surface area contributed by atoms with Gasteiger partial charge >= 0.3 is 0 Å². The zero-order valence-corrected chi connectivity index (χ0v) is 11.4. The van der Waals surface area contributed by atoms with Gasteiger partial charge in [0.15, 0.2) is 15.6 Å². The molecule has 0 saturated heterocycles. The maximum absolute atomic E-state index is 12.2. The lowest BCUT2D eigenvalue weighted by atomic mass is 10.1. The first-order valence-corrected chi connectivity index (χ1v) is 7.15. The van der Waals surface area contributed by atoms with Gasteiger partial charge in [-0.05, 0) is 26.0 Å². The Balaban J connectivity index is 3.11. The molecule has 0 heterocycles. The van der Waals surface area contributed by atoms with Crippen LogP contribution in [0.5, 0.6) is 0 Å². The summed E-state index contributed by atoms with van der Waals surface area (Å²) in [6, 6.07) is 6.57. The van der Waals surface area contributed by atoms with Gasteiger partial charge in [0, 0.05) is 5.92 Å². The summed E-state index contributed by atoms with van der Waals surface area (Å²) in [4.78, 5) is 12.0. The van der Waals surface area contributed by atoms with Crippen LogP contribution in [0.15, 0.2) is 29.2 Å². The highest BCUT2D eigenvalue weighted by Crippen LogP contribution is 2.19. The molecule has 0 spiro atoms. The lowest BCUT2D eigenvalue weighted by molar-refractivity contribution is -0.121. The molecule has 0 fully saturated rings. The standard InChI is InChI=1S/C13H18O3S/c1-9(2)13(14)11(4)17(15,16)12-7-5-10(3)6-8-12/h5-9,11H,1-4H3. The Hall–Kier alpha value is -1.16. The maximum Gasteiger partial charge on any atom is 0.188 e. The van der Waals surface area contributed by atoms with E-state index >= 15 is 0 Å². The van der Waals surface area contributed by atoms with Gasteiger partial charge in [0.25, 0.3) is 0 Å². The topological polar surface area (TPSA) is 51.2 Å². The number of carbonyl (C=O) groups is 1. The quantitative estimate of drug-likeness (QED) is 0.829. The Morgan fingerprint density at radius 3 is 1.94 bits per heavy atom. The van der Waals surface area contributed by atoms with E-state index < -0.39 is 15.1 Å². The van der Waals surface area contributed by atoms with E-state index in [4.69, 9.17) is 0 Å². The number of carbonyl (C=O) groups excluding carboxylic acids is 1. The summed E-state index contributed by atoms with van der Waals surface area (Å²) >= 11 is 0. The van der Waals surface area contributed by atoms with Crippen LogP contribution in [0, 0.1) is 12.8 Å². The molecule has 0 saturated carbocycles. The van der Waals surface area contributed by atoms with E-state index in [2.05, 4.69) is 0 Å². The van der Waals surface area contributed by atoms with Crippen LogP contribution in [0.25, 0.3) is 0 Å². The molecule has 0 aliphatic heterocycles. The largest absolute Gasteiger partial charge is 0.298 e. The van der Waals surface area contributed by atoms with E-state index in [1.54, 1.807) is 38.1 Å². The molecule has 0 N–H and O–H groups in total. The Bertz CT molecular complexity index is 498. The summed E-state index contributed by atoms with van der Waals surface area (Å²) < 4.78 is 24.3. The molecule has 0 aromatic heterocycles. The second kappa shape index (κ2) is 5.00. The predicted octanol–water partition coefficient (Wildman–Crippen LogP) is 2.38. The fourth-order valence-corrected chi connectivity index (χ4v) is 3.06. The minimum absolute atomic E-state index is 0.213. The number of benzene rings is 1. The molecular weight excluding hydrogens is 236 g/mol. The van der Waals surface area contributed by atoms with Crippen molar-refractivity contribution in [2.24, 2.45) is 5.92 Å². The number of hydrogen-bond acceptors (Lipinski definition) is 3. The first kappa shape index (κ1) is 13.9. The molecule has 17 heavy (non-hydrogen) atoms.